The lowest BCUT2D eigenvalue weighted by Gasteiger charge is -2.25. The molecule has 2 N–H and O–H groups in total. The zero-order valence-corrected chi connectivity index (χ0v) is 19.7. The Bertz CT molecular complexity index is 1110. The minimum absolute atomic E-state index is 0. The number of nitrogens with two attached hydrogens (primary N) is 1. The minimum Gasteiger partial charge on any atom is -0.457 e. The van der Waals surface area contributed by atoms with Crippen LogP contribution in [0.15, 0.2) is 115 Å². The summed E-state index contributed by atoms with van der Waals surface area (Å²) in [5.41, 5.74) is 7.04. The molecule has 0 bridgehead atoms. The number of benzene rings is 4. The zero-order chi connectivity index (χ0) is 21.5. The molecule has 1 unspecified atom stereocenters. The van der Waals surface area contributed by atoms with Crippen LogP contribution in [0, 0.1) is 0 Å². The molecule has 4 aromatic carbocycles. The van der Waals surface area contributed by atoms with Gasteiger partial charge in [0, 0.05) is 0 Å². The second-order valence-electron chi connectivity index (χ2n) is 6.78. The van der Waals surface area contributed by atoms with E-state index in [4.69, 9.17) is 19.5 Å². The van der Waals surface area contributed by atoms with Gasteiger partial charge in [-0.1, -0.05) is 66.7 Å². The molecule has 0 fully saturated rings. The van der Waals surface area contributed by atoms with E-state index in [9.17, 15) is 4.57 Å². The summed E-state index contributed by atoms with van der Waals surface area (Å²) in [6.07, 6.45) is 0. The van der Waals surface area contributed by atoms with Crippen LogP contribution in [0.4, 0.5) is 0 Å². The summed E-state index contributed by atoms with van der Waals surface area (Å²) in [5.74, 6) is 1.05. The second-order valence-corrected chi connectivity index (χ2v) is 8.78. The Balaban J connectivity index is 0.00000289. The van der Waals surface area contributed by atoms with Crippen molar-refractivity contribution in [1.82, 2.24) is 0 Å². The van der Waals surface area contributed by atoms with Crippen LogP contribution in [0.3, 0.4) is 0 Å². The molecule has 164 valence electrons. The molecule has 0 heterocycles. The first-order chi connectivity index (χ1) is 15.1. The lowest BCUT2D eigenvalue weighted by Crippen LogP contribution is -2.18. The molecule has 0 radical (unpaired) electrons. The fraction of sp³-hybridized carbons (Fsp3) is 0.0400. The molecule has 0 saturated carbocycles. The Labute approximate surface area is 198 Å². The Hall–Kier alpha value is -3.05. The molecule has 32 heavy (non-hydrogen) atoms. The maximum Gasteiger partial charge on any atom is 0.451 e. The van der Waals surface area contributed by atoms with Gasteiger partial charge in [-0.25, -0.2) is 4.57 Å². The van der Waals surface area contributed by atoms with Gasteiger partial charge in [0.15, 0.2) is 5.78 Å². The summed E-state index contributed by atoms with van der Waals surface area (Å²) >= 11 is 0. The van der Waals surface area contributed by atoms with E-state index in [0.29, 0.717) is 28.6 Å². The Kier molecular flexibility index (Phi) is 8.12. The molecule has 0 spiro atoms. The number of hydrogen-bond acceptors (Lipinski definition) is 5. The maximum atomic E-state index is 13.9. The summed E-state index contributed by atoms with van der Waals surface area (Å²) in [6.45, 7) is 0. The van der Waals surface area contributed by atoms with Crippen LogP contribution in [0.1, 0.15) is 11.3 Å². The quantitative estimate of drug-likeness (QED) is 0.250. The van der Waals surface area contributed by atoms with Crippen LogP contribution in [0.5, 0.6) is 23.0 Å². The van der Waals surface area contributed by atoms with Crippen molar-refractivity contribution >= 4 is 24.6 Å². The third-order valence-electron chi connectivity index (χ3n) is 4.47. The van der Waals surface area contributed by atoms with E-state index in [-0.39, 0.29) is 17.0 Å². The van der Waals surface area contributed by atoms with E-state index in [1.165, 1.54) is 0 Å². The number of halogens is 1. The molecule has 0 aliphatic heterocycles. The van der Waals surface area contributed by atoms with E-state index < -0.39 is 13.4 Å². The van der Waals surface area contributed by atoms with Crippen LogP contribution in [-0.4, -0.2) is 0 Å². The number of rotatable bonds is 8. The van der Waals surface area contributed by atoms with Crippen LogP contribution in [0.2, 0.25) is 0 Å². The first kappa shape index (κ1) is 23.6. The van der Waals surface area contributed by atoms with Gasteiger partial charge in [0.2, 0.25) is 0 Å². The van der Waals surface area contributed by atoms with Gasteiger partial charge >= 0.3 is 7.60 Å². The first-order valence-electron chi connectivity index (χ1n) is 9.80. The zero-order valence-electron chi connectivity index (χ0n) is 17.1. The van der Waals surface area contributed by atoms with Crippen molar-refractivity contribution in [3.63, 3.8) is 0 Å². The topological polar surface area (TPSA) is 70.8 Å². The summed E-state index contributed by atoms with van der Waals surface area (Å²) in [7, 11) is -3.86. The minimum atomic E-state index is -3.86. The van der Waals surface area contributed by atoms with Crippen molar-refractivity contribution < 1.29 is 18.3 Å². The highest BCUT2D eigenvalue weighted by molar-refractivity contribution is 8.93. The first-order valence-corrected chi connectivity index (χ1v) is 11.4. The molecule has 0 saturated heterocycles. The Morgan fingerprint density at radius 2 is 1.03 bits per heavy atom. The second kappa shape index (κ2) is 11.0. The highest BCUT2D eigenvalue weighted by Gasteiger charge is 2.38. The predicted octanol–water partition coefficient (Wildman–Crippen LogP) is 7.37. The largest absolute Gasteiger partial charge is 0.457 e. The van der Waals surface area contributed by atoms with E-state index in [1.54, 1.807) is 66.7 Å². The average Bonchev–Trinajstić information content (AvgIpc) is 2.81. The summed E-state index contributed by atoms with van der Waals surface area (Å²) < 4.78 is 31.5. The van der Waals surface area contributed by atoms with E-state index in [0.717, 1.165) is 0 Å². The van der Waals surface area contributed by atoms with Crippen LogP contribution < -0.4 is 19.5 Å². The molecule has 5 nitrogen and oxygen atoms in total. The van der Waals surface area contributed by atoms with E-state index >= 15 is 0 Å². The van der Waals surface area contributed by atoms with Crippen molar-refractivity contribution in [3.8, 4) is 23.0 Å². The smallest absolute Gasteiger partial charge is 0.451 e. The van der Waals surface area contributed by atoms with Crippen molar-refractivity contribution in [3.05, 3.63) is 121 Å². The van der Waals surface area contributed by atoms with Gasteiger partial charge in [-0.2, -0.15) is 0 Å². The monoisotopic (exact) mass is 511 g/mol. The normalized spacial score (nSPS) is 11.7. The molecule has 4 rings (SSSR count). The van der Waals surface area contributed by atoms with Gasteiger partial charge in [0.05, 0.1) is 0 Å². The summed E-state index contributed by atoms with van der Waals surface area (Å²) in [5, 5.41) is 0. The summed E-state index contributed by atoms with van der Waals surface area (Å²) in [6, 6.07) is 34.2. The molecule has 0 aliphatic rings. The fourth-order valence-corrected chi connectivity index (χ4v) is 4.58. The van der Waals surface area contributed by atoms with Crippen molar-refractivity contribution in [2.24, 2.45) is 5.73 Å². The third-order valence-corrected chi connectivity index (χ3v) is 6.38. The van der Waals surface area contributed by atoms with Gasteiger partial charge < -0.3 is 19.5 Å². The van der Waals surface area contributed by atoms with Gasteiger partial charge in [0.1, 0.15) is 23.0 Å². The lowest BCUT2D eigenvalue weighted by molar-refractivity contribution is 0.373. The molecule has 7 heteroatoms. The fourth-order valence-electron chi connectivity index (χ4n) is 2.96. The molecule has 0 aromatic heterocycles. The molecule has 1 atom stereocenters. The molecular weight excluding hydrogens is 489 g/mol. The predicted molar refractivity (Wildman–Crippen MR) is 132 cm³/mol. The SMILES string of the molecule is Br.NC(c1cccc(Oc2ccccc2)c1)P(=O)(Oc1ccccc1)Oc1ccccc1. The van der Waals surface area contributed by atoms with Crippen molar-refractivity contribution in [2.45, 2.75) is 5.78 Å². The van der Waals surface area contributed by atoms with Gasteiger partial charge in [0.25, 0.3) is 0 Å². The summed E-state index contributed by atoms with van der Waals surface area (Å²) in [4.78, 5) is 0. The third kappa shape index (κ3) is 6.01. The number of hydrogen-bond donors (Lipinski definition) is 1. The lowest BCUT2D eigenvalue weighted by atomic mass is 10.2. The molecule has 4 aromatic rings. The molecule has 0 aliphatic carbocycles. The van der Waals surface area contributed by atoms with Crippen molar-refractivity contribution in [2.75, 3.05) is 0 Å². The van der Waals surface area contributed by atoms with E-state index in [1.807, 2.05) is 48.5 Å². The van der Waals surface area contributed by atoms with Crippen LogP contribution in [-0.2, 0) is 4.57 Å². The number of ether oxygens (including phenoxy) is 1. The van der Waals surface area contributed by atoms with Crippen molar-refractivity contribution in [1.29, 1.82) is 0 Å². The van der Waals surface area contributed by atoms with Gasteiger partial charge in [-0.3, -0.25) is 0 Å². The molecular formula is C25H23BrNO4P. The van der Waals surface area contributed by atoms with Gasteiger partial charge in [-0.15, -0.1) is 17.0 Å². The van der Waals surface area contributed by atoms with E-state index in [2.05, 4.69) is 0 Å². The van der Waals surface area contributed by atoms with Crippen LogP contribution in [0.25, 0.3) is 0 Å². The standard InChI is InChI=1S/C25H22NO4P.BrH/c26-25(20-11-10-18-24(19-20)28-21-12-4-1-5-13-21)31(27,29-22-14-6-2-7-15-22)30-23-16-8-3-9-17-23;/h1-19,25H,26H2;1H. The molecule has 0 amide bonds. The maximum absolute atomic E-state index is 13.9. The Morgan fingerprint density at radius 1 is 0.594 bits per heavy atom. The van der Waals surface area contributed by atoms with Crippen LogP contribution >= 0.6 is 24.6 Å². The van der Waals surface area contributed by atoms with Gasteiger partial charge in [-0.05, 0) is 54.1 Å². The highest BCUT2D eigenvalue weighted by Crippen LogP contribution is 2.57. The average molecular weight is 512 g/mol. The Morgan fingerprint density at radius 3 is 1.53 bits per heavy atom. The number of para-hydroxylation sites is 3. The highest BCUT2D eigenvalue weighted by atomic mass is 79.9.